The van der Waals surface area contributed by atoms with Crippen LogP contribution in [-0.4, -0.2) is 29.0 Å². The van der Waals surface area contributed by atoms with Crippen LogP contribution in [0.4, 0.5) is 4.39 Å². The van der Waals surface area contributed by atoms with Crippen molar-refractivity contribution in [2.45, 2.75) is 24.3 Å². The molecular formula is C20H20FN3O2S. The topological polar surface area (TPSA) is 55.2 Å². The Hall–Kier alpha value is -2.51. The maximum absolute atomic E-state index is 13.4. The first kappa shape index (κ1) is 17.9. The average Bonchev–Trinajstić information content (AvgIpc) is 3.06. The van der Waals surface area contributed by atoms with E-state index in [1.54, 1.807) is 17.8 Å². The molecule has 7 heteroatoms. The molecule has 27 heavy (non-hydrogen) atoms. The minimum Gasteiger partial charge on any atom is -0.276 e. The molecule has 0 bridgehead atoms. The molecule has 140 valence electrons. The summed E-state index contributed by atoms with van der Waals surface area (Å²) >= 11 is 0. The van der Waals surface area contributed by atoms with Gasteiger partial charge in [0.2, 0.25) is 10.0 Å². The second-order valence-electron chi connectivity index (χ2n) is 6.91. The molecule has 0 aliphatic carbocycles. The van der Waals surface area contributed by atoms with Crippen LogP contribution in [0.3, 0.4) is 0 Å². The fraction of sp³-hybridized carbons (Fsp3) is 0.250. The number of rotatable bonds is 3. The summed E-state index contributed by atoms with van der Waals surface area (Å²) in [7, 11) is -1.90. The minimum atomic E-state index is -3.75. The van der Waals surface area contributed by atoms with E-state index in [1.807, 2.05) is 37.5 Å². The number of benzene rings is 2. The SMILES string of the molecule is Cc1cc(F)ccc1S(=O)(=O)N1Cc2ccccc2[C@H](c2cnn(C)c2)C1. The van der Waals surface area contributed by atoms with Gasteiger partial charge in [-0.05, 0) is 47.4 Å². The highest BCUT2D eigenvalue weighted by Gasteiger charge is 2.35. The first-order valence-corrected chi connectivity index (χ1v) is 10.1. The van der Waals surface area contributed by atoms with Crippen LogP contribution >= 0.6 is 0 Å². The molecule has 0 spiro atoms. The monoisotopic (exact) mass is 385 g/mol. The Morgan fingerprint density at radius 1 is 1.19 bits per heavy atom. The van der Waals surface area contributed by atoms with E-state index in [4.69, 9.17) is 0 Å². The van der Waals surface area contributed by atoms with Crippen molar-refractivity contribution in [2.24, 2.45) is 7.05 Å². The van der Waals surface area contributed by atoms with Gasteiger partial charge < -0.3 is 0 Å². The van der Waals surface area contributed by atoms with E-state index < -0.39 is 15.8 Å². The standard InChI is InChI=1S/C20H20FN3O2S/c1-14-9-17(21)7-8-20(14)27(25,26)24-12-15-5-3-4-6-18(15)19(13-24)16-10-22-23(2)11-16/h3-11,19H,12-13H2,1-2H3/t19-/m0/s1. The van der Waals surface area contributed by atoms with Gasteiger partial charge in [-0.1, -0.05) is 24.3 Å². The Morgan fingerprint density at radius 2 is 1.96 bits per heavy atom. The number of aryl methyl sites for hydroxylation is 2. The highest BCUT2D eigenvalue weighted by Crippen LogP contribution is 2.36. The summed E-state index contributed by atoms with van der Waals surface area (Å²) in [6.45, 7) is 2.24. The Morgan fingerprint density at radius 3 is 2.67 bits per heavy atom. The van der Waals surface area contributed by atoms with E-state index in [9.17, 15) is 12.8 Å². The summed E-state index contributed by atoms with van der Waals surface area (Å²) in [5, 5.41) is 4.24. The predicted octanol–water partition coefficient (Wildman–Crippen LogP) is 3.20. The highest BCUT2D eigenvalue weighted by atomic mass is 32.2. The summed E-state index contributed by atoms with van der Waals surface area (Å²) < 4.78 is 43.2. The first-order valence-electron chi connectivity index (χ1n) is 8.69. The molecule has 0 saturated heterocycles. The second-order valence-corrected chi connectivity index (χ2v) is 8.81. The van der Waals surface area contributed by atoms with Crippen LogP contribution in [0.2, 0.25) is 0 Å². The van der Waals surface area contributed by atoms with Crippen LogP contribution in [0.5, 0.6) is 0 Å². The second kappa shape index (κ2) is 6.58. The van der Waals surface area contributed by atoms with E-state index in [2.05, 4.69) is 5.10 Å². The van der Waals surface area contributed by atoms with Crippen molar-refractivity contribution in [3.63, 3.8) is 0 Å². The molecule has 1 aliphatic rings. The number of aromatic nitrogens is 2. The van der Waals surface area contributed by atoms with E-state index in [-0.39, 0.29) is 10.8 Å². The van der Waals surface area contributed by atoms with Crippen molar-refractivity contribution in [1.82, 2.24) is 14.1 Å². The maximum atomic E-state index is 13.4. The normalized spacial score (nSPS) is 17.7. The van der Waals surface area contributed by atoms with Crippen molar-refractivity contribution in [1.29, 1.82) is 0 Å². The molecule has 0 radical (unpaired) electrons. The molecule has 1 atom stereocenters. The highest BCUT2D eigenvalue weighted by molar-refractivity contribution is 7.89. The molecule has 1 aliphatic heterocycles. The third-order valence-corrected chi connectivity index (χ3v) is 7.02. The number of nitrogens with zero attached hydrogens (tertiary/aromatic N) is 3. The third-order valence-electron chi connectivity index (χ3n) is 5.05. The van der Waals surface area contributed by atoms with E-state index in [1.165, 1.54) is 22.5 Å². The zero-order chi connectivity index (χ0) is 19.2. The van der Waals surface area contributed by atoms with Gasteiger partial charge in [-0.25, -0.2) is 12.8 Å². The molecule has 2 heterocycles. The Bertz CT molecular complexity index is 1110. The van der Waals surface area contributed by atoms with Gasteiger partial charge in [0.1, 0.15) is 5.82 Å². The van der Waals surface area contributed by atoms with Crippen molar-refractivity contribution in [3.8, 4) is 0 Å². The van der Waals surface area contributed by atoms with Crippen molar-refractivity contribution < 1.29 is 12.8 Å². The van der Waals surface area contributed by atoms with Crippen LogP contribution in [-0.2, 0) is 23.6 Å². The third kappa shape index (κ3) is 3.17. The van der Waals surface area contributed by atoms with Crippen LogP contribution in [0.15, 0.2) is 59.8 Å². The lowest BCUT2D eigenvalue weighted by atomic mass is 9.87. The molecule has 3 aromatic rings. The predicted molar refractivity (Wildman–Crippen MR) is 100 cm³/mol. The van der Waals surface area contributed by atoms with E-state index >= 15 is 0 Å². The Labute approximate surface area is 158 Å². The first-order chi connectivity index (χ1) is 12.9. The van der Waals surface area contributed by atoms with Gasteiger partial charge in [0.15, 0.2) is 0 Å². The molecule has 0 unspecified atom stereocenters. The van der Waals surface area contributed by atoms with Crippen molar-refractivity contribution in [2.75, 3.05) is 6.54 Å². The lowest BCUT2D eigenvalue weighted by Gasteiger charge is -2.34. The number of hydrogen-bond donors (Lipinski definition) is 0. The molecular weight excluding hydrogens is 365 g/mol. The number of fused-ring (bicyclic) bond motifs is 1. The van der Waals surface area contributed by atoms with Crippen LogP contribution in [0, 0.1) is 12.7 Å². The van der Waals surface area contributed by atoms with E-state index in [0.29, 0.717) is 18.7 Å². The lowest BCUT2D eigenvalue weighted by Crippen LogP contribution is -2.38. The summed E-state index contributed by atoms with van der Waals surface area (Å²) in [5.41, 5.74) is 3.47. The van der Waals surface area contributed by atoms with Crippen LogP contribution in [0.1, 0.15) is 28.2 Å². The molecule has 0 N–H and O–H groups in total. The van der Waals surface area contributed by atoms with Gasteiger partial charge >= 0.3 is 0 Å². The zero-order valence-electron chi connectivity index (χ0n) is 15.1. The molecule has 4 rings (SSSR count). The van der Waals surface area contributed by atoms with Crippen molar-refractivity contribution >= 4 is 10.0 Å². The van der Waals surface area contributed by atoms with Gasteiger partial charge in [-0.3, -0.25) is 4.68 Å². The molecule has 2 aromatic carbocycles. The van der Waals surface area contributed by atoms with Crippen LogP contribution < -0.4 is 0 Å². The Kier molecular flexibility index (Phi) is 4.36. The number of sulfonamides is 1. The fourth-order valence-electron chi connectivity index (χ4n) is 3.70. The van der Waals surface area contributed by atoms with Gasteiger partial charge in [0, 0.05) is 32.3 Å². The number of hydrogen-bond acceptors (Lipinski definition) is 3. The van der Waals surface area contributed by atoms with Crippen LogP contribution in [0.25, 0.3) is 0 Å². The summed E-state index contributed by atoms with van der Waals surface area (Å²) in [6.07, 6.45) is 3.70. The summed E-state index contributed by atoms with van der Waals surface area (Å²) in [4.78, 5) is 0.146. The lowest BCUT2D eigenvalue weighted by molar-refractivity contribution is 0.371. The quantitative estimate of drug-likeness (QED) is 0.696. The smallest absolute Gasteiger partial charge is 0.243 e. The van der Waals surface area contributed by atoms with Gasteiger partial charge in [-0.15, -0.1) is 0 Å². The summed E-state index contributed by atoms with van der Waals surface area (Å²) in [6, 6.07) is 11.7. The fourth-order valence-corrected chi connectivity index (χ4v) is 5.34. The Balaban J connectivity index is 1.79. The summed E-state index contributed by atoms with van der Waals surface area (Å²) in [5.74, 6) is -0.539. The van der Waals surface area contributed by atoms with Gasteiger partial charge in [0.05, 0.1) is 11.1 Å². The minimum absolute atomic E-state index is 0.0980. The largest absolute Gasteiger partial charge is 0.276 e. The van der Waals surface area contributed by atoms with Gasteiger partial charge in [-0.2, -0.15) is 9.40 Å². The molecule has 0 saturated carbocycles. The zero-order valence-corrected chi connectivity index (χ0v) is 15.9. The number of halogens is 1. The van der Waals surface area contributed by atoms with E-state index in [0.717, 1.165) is 16.7 Å². The maximum Gasteiger partial charge on any atom is 0.243 e. The molecule has 0 fully saturated rings. The average molecular weight is 385 g/mol. The van der Waals surface area contributed by atoms with Gasteiger partial charge in [0.25, 0.3) is 0 Å². The van der Waals surface area contributed by atoms with Crippen molar-refractivity contribution in [3.05, 3.63) is 82.9 Å². The molecule has 5 nitrogen and oxygen atoms in total. The molecule has 0 amide bonds. The molecule has 1 aromatic heterocycles.